The van der Waals surface area contributed by atoms with E-state index in [2.05, 4.69) is 4.98 Å². The molecule has 3 aliphatic rings. The standard InChI is InChI=1S/C17H25N3O3/c1-23-17-3-2-13(21)10-14(17)20(8-6-17)15(22)16(4-5-16)11-19-9-7-18-12-19/h7,9,12-14,21H,2-6,8,10-11H2,1H3/t13-,14+,17-/m1/s1. The van der Waals surface area contributed by atoms with Crippen molar-refractivity contribution >= 4 is 5.91 Å². The highest BCUT2D eigenvalue weighted by Crippen LogP contribution is 2.52. The minimum atomic E-state index is -0.319. The predicted octanol–water partition coefficient (Wildman–Crippen LogP) is 1.19. The summed E-state index contributed by atoms with van der Waals surface area (Å²) in [5.41, 5.74) is -0.521. The van der Waals surface area contributed by atoms with E-state index in [0.29, 0.717) is 13.0 Å². The third-order valence-electron chi connectivity index (χ3n) is 6.17. The largest absolute Gasteiger partial charge is 0.393 e. The number of likely N-dealkylation sites (tertiary alicyclic amines) is 1. The van der Waals surface area contributed by atoms with Gasteiger partial charge >= 0.3 is 0 Å². The number of aliphatic hydroxyl groups is 1. The van der Waals surface area contributed by atoms with Crippen molar-refractivity contribution in [2.75, 3.05) is 13.7 Å². The van der Waals surface area contributed by atoms with Crippen molar-refractivity contribution in [2.24, 2.45) is 5.41 Å². The Morgan fingerprint density at radius 2 is 2.22 bits per heavy atom. The number of carbonyl (C=O) groups excluding carboxylic acids is 1. The number of hydrogen-bond donors (Lipinski definition) is 1. The van der Waals surface area contributed by atoms with E-state index in [0.717, 1.165) is 38.6 Å². The molecule has 0 bridgehead atoms. The molecule has 1 aliphatic heterocycles. The molecule has 1 aromatic heterocycles. The number of fused-ring (bicyclic) bond motifs is 1. The summed E-state index contributed by atoms with van der Waals surface area (Å²) in [4.78, 5) is 19.3. The molecule has 2 heterocycles. The van der Waals surface area contributed by atoms with Crippen LogP contribution >= 0.6 is 0 Å². The molecule has 126 valence electrons. The van der Waals surface area contributed by atoms with Crippen LogP contribution in [-0.2, 0) is 16.1 Å². The average molecular weight is 319 g/mol. The number of imidazole rings is 1. The Hall–Kier alpha value is -1.40. The molecule has 0 unspecified atom stereocenters. The molecule has 1 N–H and O–H groups in total. The number of amides is 1. The van der Waals surface area contributed by atoms with Crippen molar-refractivity contribution < 1.29 is 14.6 Å². The van der Waals surface area contributed by atoms with Crippen molar-refractivity contribution in [1.82, 2.24) is 14.5 Å². The van der Waals surface area contributed by atoms with Crippen LogP contribution in [-0.4, -0.2) is 56.9 Å². The van der Waals surface area contributed by atoms with Gasteiger partial charge in [0.05, 0.1) is 29.5 Å². The molecule has 3 atom stereocenters. The summed E-state index contributed by atoms with van der Waals surface area (Å²) in [6.07, 6.45) is 10.1. The molecule has 0 radical (unpaired) electrons. The molecule has 0 spiro atoms. The Balaban J connectivity index is 1.54. The van der Waals surface area contributed by atoms with Gasteiger partial charge in [-0.3, -0.25) is 4.79 Å². The van der Waals surface area contributed by atoms with Crippen LogP contribution in [0.1, 0.15) is 38.5 Å². The van der Waals surface area contributed by atoms with E-state index < -0.39 is 0 Å². The first-order chi connectivity index (χ1) is 11.1. The van der Waals surface area contributed by atoms with Crippen molar-refractivity contribution in [3.63, 3.8) is 0 Å². The molecular formula is C17H25N3O3. The van der Waals surface area contributed by atoms with Crippen molar-refractivity contribution in [3.8, 4) is 0 Å². The van der Waals surface area contributed by atoms with Crippen LogP contribution in [0.5, 0.6) is 0 Å². The topological polar surface area (TPSA) is 67.6 Å². The molecule has 4 rings (SSSR count). The number of aromatic nitrogens is 2. The number of nitrogens with zero attached hydrogens (tertiary/aromatic N) is 3. The van der Waals surface area contributed by atoms with Gasteiger partial charge in [-0.15, -0.1) is 0 Å². The van der Waals surface area contributed by atoms with Gasteiger partial charge in [0.25, 0.3) is 0 Å². The highest BCUT2D eigenvalue weighted by atomic mass is 16.5. The fourth-order valence-corrected chi connectivity index (χ4v) is 4.54. The molecule has 2 saturated carbocycles. The smallest absolute Gasteiger partial charge is 0.230 e. The fourth-order valence-electron chi connectivity index (χ4n) is 4.54. The zero-order valence-electron chi connectivity index (χ0n) is 13.6. The highest BCUT2D eigenvalue weighted by Gasteiger charge is 2.58. The normalized spacial score (nSPS) is 35.1. The summed E-state index contributed by atoms with van der Waals surface area (Å²) in [6, 6.07) is 0.0176. The van der Waals surface area contributed by atoms with Gasteiger partial charge in [-0.1, -0.05) is 0 Å². The van der Waals surface area contributed by atoms with Gasteiger partial charge in [-0.05, 0) is 38.5 Å². The van der Waals surface area contributed by atoms with Gasteiger partial charge in [-0.25, -0.2) is 4.98 Å². The maximum Gasteiger partial charge on any atom is 0.230 e. The van der Waals surface area contributed by atoms with Crippen LogP contribution in [0.4, 0.5) is 0 Å². The highest BCUT2D eigenvalue weighted by molar-refractivity contribution is 5.86. The SMILES string of the molecule is CO[C@@]12CC[C@@H](O)C[C@@H]1N(C(=O)C1(Cn3ccnc3)CC1)CC2. The van der Waals surface area contributed by atoms with Crippen LogP contribution < -0.4 is 0 Å². The molecule has 6 nitrogen and oxygen atoms in total. The first kappa shape index (κ1) is 15.1. The lowest BCUT2D eigenvalue weighted by molar-refractivity contribution is -0.146. The molecule has 3 fully saturated rings. The number of carbonyl (C=O) groups is 1. The molecular weight excluding hydrogens is 294 g/mol. The Morgan fingerprint density at radius 1 is 1.39 bits per heavy atom. The molecule has 1 aromatic rings. The minimum absolute atomic E-state index is 0.0176. The molecule has 1 saturated heterocycles. The van der Waals surface area contributed by atoms with E-state index in [1.807, 2.05) is 15.7 Å². The summed E-state index contributed by atoms with van der Waals surface area (Å²) in [5.74, 6) is 0.240. The zero-order valence-corrected chi connectivity index (χ0v) is 13.6. The predicted molar refractivity (Wildman–Crippen MR) is 83.6 cm³/mol. The fraction of sp³-hybridized carbons (Fsp3) is 0.765. The number of aliphatic hydroxyl groups excluding tert-OH is 1. The van der Waals surface area contributed by atoms with E-state index in [1.165, 1.54) is 0 Å². The van der Waals surface area contributed by atoms with E-state index in [4.69, 9.17) is 4.74 Å². The van der Waals surface area contributed by atoms with Gasteiger partial charge < -0.3 is 19.3 Å². The van der Waals surface area contributed by atoms with E-state index in [-0.39, 0.29) is 29.1 Å². The van der Waals surface area contributed by atoms with Crippen molar-refractivity contribution in [2.45, 2.75) is 62.8 Å². The van der Waals surface area contributed by atoms with Gasteiger partial charge in [-0.2, -0.15) is 0 Å². The second-order valence-electron chi connectivity index (χ2n) is 7.48. The number of ether oxygens (including phenoxy) is 1. The second kappa shape index (κ2) is 5.31. The number of rotatable bonds is 4. The molecule has 0 aromatic carbocycles. The van der Waals surface area contributed by atoms with Crippen molar-refractivity contribution in [1.29, 1.82) is 0 Å². The summed E-state index contributed by atoms with van der Waals surface area (Å²) in [5, 5.41) is 10.1. The van der Waals surface area contributed by atoms with E-state index in [1.54, 1.807) is 19.6 Å². The van der Waals surface area contributed by atoms with E-state index in [9.17, 15) is 9.90 Å². The quantitative estimate of drug-likeness (QED) is 0.905. The van der Waals surface area contributed by atoms with E-state index >= 15 is 0 Å². The Labute approximate surface area is 136 Å². The summed E-state index contributed by atoms with van der Waals surface area (Å²) < 4.78 is 7.85. The maximum atomic E-state index is 13.2. The molecule has 23 heavy (non-hydrogen) atoms. The third kappa shape index (κ3) is 2.39. The first-order valence-corrected chi connectivity index (χ1v) is 8.59. The van der Waals surface area contributed by atoms with Crippen LogP contribution in [0, 0.1) is 5.41 Å². The van der Waals surface area contributed by atoms with Crippen LogP contribution in [0.2, 0.25) is 0 Å². The van der Waals surface area contributed by atoms with Crippen LogP contribution in [0.3, 0.4) is 0 Å². The summed E-state index contributed by atoms with van der Waals surface area (Å²) in [6.45, 7) is 1.45. The van der Waals surface area contributed by atoms with Crippen molar-refractivity contribution in [3.05, 3.63) is 18.7 Å². The van der Waals surface area contributed by atoms with Gasteiger partial charge in [0.1, 0.15) is 0 Å². The molecule has 2 aliphatic carbocycles. The van der Waals surface area contributed by atoms with Crippen LogP contribution in [0.15, 0.2) is 18.7 Å². The van der Waals surface area contributed by atoms with Gasteiger partial charge in [0.2, 0.25) is 5.91 Å². The Morgan fingerprint density at radius 3 is 2.87 bits per heavy atom. The maximum absolute atomic E-state index is 13.2. The number of hydrogen-bond acceptors (Lipinski definition) is 4. The number of methoxy groups -OCH3 is 1. The lowest BCUT2D eigenvalue weighted by Gasteiger charge is -2.43. The lowest BCUT2D eigenvalue weighted by atomic mass is 9.79. The summed E-state index contributed by atoms with van der Waals surface area (Å²) in [7, 11) is 1.75. The minimum Gasteiger partial charge on any atom is -0.393 e. The molecule has 1 amide bonds. The third-order valence-corrected chi connectivity index (χ3v) is 6.17. The van der Waals surface area contributed by atoms with Crippen LogP contribution in [0.25, 0.3) is 0 Å². The summed E-state index contributed by atoms with van der Waals surface area (Å²) >= 11 is 0. The first-order valence-electron chi connectivity index (χ1n) is 8.59. The lowest BCUT2D eigenvalue weighted by Crippen LogP contribution is -2.54. The second-order valence-corrected chi connectivity index (χ2v) is 7.48. The zero-order chi connectivity index (χ0) is 16.1. The monoisotopic (exact) mass is 319 g/mol. The van der Waals surface area contributed by atoms with Gasteiger partial charge in [0.15, 0.2) is 0 Å². The van der Waals surface area contributed by atoms with Gasteiger partial charge in [0, 0.05) is 32.6 Å². The molecule has 6 heteroatoms. The Bertz CT molecular complexity index is 584. The Kier molecular flexibility index (Phi) is 3.50. The average Bonchev–Trinajstić information content (AvgIpc) is 2.99.